The Bertz CT molecular complexity index is 1000. The molecule has 33 heavy (non-hydrogen) atoms. The Labute approximate surface area is 187 Å². The number of hydrogen-bond acceptors (Lipinski definition) is 3. The van der Waals surface area contributed by atoms with Crippen LogP contribution in [-0.2, 0) is 11.0 Å². The first-order valence-electron chi connectivity index (χ1n) is 10.5. The molecule has 0 aromatic heterocycles. The van der Waals surface area contributed by atoms with Crippen LogP contribution >= 0.6 is 0 Å². The van der Waals surface area contributed by atoms with Gasteiger partial charge in [-0.25, -0.2) is 4.39 Å². The number of carbonyl (C=O) groups excluding carboxylic acids is 3. The van der Waals surface area contributed by atoms with Crippen molar-refractivity contribution in [2.75, 3.05) is 6.54 Å². The third kappa shape index (κ3) is 6.53. The van der Waals surface area contributed by atoms with E-state index in [-0.39, 0.29) is 28.9 Å². The number of hydrogen-bond donors (Lipinski definition) is 3. The van der Waals surface area contributed by atoms with Crippen LogP contribution in [0.2, 0.25) is 0 Å². The summed E-state index contributed by atoms with van der Waals surface area (Å²) in [4.78, 5) is 36.5. The molecular formula is C23H23F4N3O3. The molecule has 1 fully saturated rings. The first-order chi connectivity index (χ1) is 15.6. The van der Waals surface area contributed by atoms with Crippen LogP contribution in [0.15, 0.2) is 48.5 Å². The minimum Gasteiger partial charge on any atom is -0.352 e. The van der Waals surface area contributed by atoms with E-state index in [0.29, 0.717) is 32.2 Å². The molecule has 3 rings (SSSR count). The van der Waals surface area contributed by atoms with Crippen molar-refractivity contribution < 1.29 is 31.9 Å². The SMILES string of the molecule is O=C(NNC(=O)C1CCC(CNC(=O)c2ccccc2F)CC1)c1ccc(C(F)(F)F)cc1. The van der Waals surface area contributed by atoms with Gasteiger partial charge in [0.05, 0.1) is 11.1 Å². The van der Waals surface area contributed by atoms with E-state index in [1.165, 1.54) is 18.2 Å². The molecule has 0 radical (unpaired) electrons. The van der Waals surface area contributed by atoms with Crippen molar-refractivity contribution in [3.63, 3.8) is 0 Å². The zero-order valence-electron chi connectivity index (χ0n) is 17.5. The fraction of sp³-hybridized carbons (Fsp3) is 0.348. The molecule has 0 atom stereocenters. The molecule has 0 bridgehead atoms. The largest absolute Gasteiger partial charge is 0.416 e. The van der Waals surface area contributed by atoms with Crippen LogP contribution in [0.3, 0.4) is 0 Å². The lowest BCUT2D eigenvalue weighted by Gasteiger charge is -2.27. The zero-order chi connectivity index (χ0) is 24.0. The summed E-state index contributed by atoms with van der Waals surface area (Å²) in [5.41, 5.74) is 3.63. The molecular weight excluding hydrogens is 442 g/mol. The summed E-state index contributed by atoms with van der Waals surface area (Å²) in [6.07, 6.45) is -2.07. The van der Waals surface area contributed by atoms with Gasteiger partial charge in [-0.2, -0.15) is 13.2 Å². The molecule has 176 valence electrons. The van der Waals surface area contributed by atoms with Gasteiger partial charge in [0.1, 0.15) is 5.82 Å². The summed E-state index contributed by atoms with van der Waals surface area (Å²) in [6, 6.07) is 9.37. The standard InChI is InChI=1S/C23H23F4N3O3/c24-19-4-2-1-3-18(19)22(33)28-13-14-5-7-15(8-6-14)20(31)29-30-21(32)16-9-11-17(12-10-16)23(25,26)27/h1-4,9-12,14-15H,5-8,13H2,(H,28,33)(H,29,31)(H,30,32). The maximum Gasteiger partial charge on any atom is 0.416 e. The summed E-state index contributed by atoms with van der Waals surface area (Å²) < 4.78 is 51.5. The number of nitrogens with one attached hydrogen (secondary N) is 3. The molecule has 1 aliphatic rings. The second kappa shape index (κ2) is 10.5. The fourth-order valence-electron chi connectivity index (χ4n) is 3.71. The van der Waals surface area contributed by atoms with Crippen LogP contribution in [0, 0.1) is 17.7 Å². The molecule has 10 heteroatoms. The van der Waals surface area contributed by atoms with E-state index in [1.807, 2.05) is 0 Å². The Morgan fingerprint density at radius 3 is 2.09 bits per heavy atom. The van der Waals surface area contributed by atoms with E-state index in [1.54, 1.807) is 6.07 Å². The lowest BCUT2D eigenvalue weighted by Crippen LogP contribution is -2.45. The van der Waals surface area contributed by atoms with Crippen molar-refractivity contribution in [3.05, 3.63) is 71.0 Å². The van der Waals surface area contributed by atoms with E-state index in [2.05, 4.69) is 16.2 Å². The topological polar surface area (TPSA) is 87.3 Å². The van der Waals surface area contributed by atoms with Gasteiger partial charge < -0.3 is 5.32 Å². The predicted octanol–water partition coefficient (Wildman–Crippen LogP) is 3.84. The van der Waals surface area contributed by atoms with Gasteiger partial charge in [0.25, 0.3) is 11.8 Å². The van der Waals surface area contributed by atoms with Crippen molar-refractivity contribution in [1.29, 1.82) is 0 Å². The van der Waals surface area contributed by atoms with E-state index in [0.717, 1.165) is 24.3 Å². The Balaban J connectivity index is 1.40. The Morgan fingerprint density at radius 2 is 1.48 bits per heavy atom. The van der Waals surface area contributed by atoms with Crippen LogP contribution in [0.4, 0.5) is 17.6 Å². The van der Waals surface area contributed by atoms with E-state index >= 15 is 0 Å². The predicted molar refractivity (Wildman–Crippen MR) is 111 cm³/mol. The number of alkyl halides is 3. The highest BCUT2D eigenvalue weighted by molar-refractivity contribution is 5.95. The second-order valence-corrected chi connectivity index (χ2v) is 7.93. The highest BCUT2D eigenvalue weighted by atomic mass is 19.4. The van der Waals surface area contributed by atoms with Crippen molar-refractivity contribution >= 4 is 17.7 Å². The highest BCUT2D eigenvalue weighted by Gasteiger charge is 2.30. The molecule has 1 saturated carbocycles. The minimum atomic E-state index is -4.50. The monoisotopic (exact) mass is 465 g/mol. The third-order valence-electron chi connectivity index (χ3n) is 5.66. The summed E-state index contributed by atoms with van der Waals surface area (Å²) in [7, 11) is 0. The fourth-order valence-corrected chi connectivity index (χ4v) is 3.71. The highest BCUT2D eigenvalue weighted by Crippen LogP contribution is 2.29. The summed E-state index contributed by atoms with van der Waals surface area (Å²) in [5.74, 6) is -2.37. The quantitative estimate of drug-likeness (QED) is 0.463. The maximum absolute atomic E-state index is 13.7. The molecule has 0 spiro atoms. The van der Waals surface area contributed by atoms with Gasteiger partial charge in [-0.15, -0.1) is 0 Å². The summed E-state index contributed by atoms with van der Waals surface area (Å²) in [5, 5.41) is 2.72. The number of benzene rings is 2. The molecule has 0 heterocycles. The van der Waals surface area contributed by atoms with Crippen molar-refractivity contribution in [2.45, 2.75) is 31.9 Å². The van der Waals surface area contributed by atoms with Crippen molar-refractivity contribution in [2.24, 2.45) is 11.8 Å². The summed E-state index contributed by atoms with van der Waals surface area (Å²) >= 11 is 0. The van der Waals surface area contributed by atoms with Gasteiger partial charge in [-0.05, 0) is 68.0 Å². The Morgan fingerprint density at radius 1 is 0.848 bits per heavy atom. The first kappa shape index (κ1) is 24.2. The first-order valence-corrected chi connectivity index (χ1v) is 10.5. The van der Waals surface area contributed by atoms with Crippen molar-refractivity contribution in [3.8, 4) is 0 Å². The number of carbonyl (C=O) groups is 3. The molecule has 0 saturated heterocycles. The van der Waals surface area contributed by atoms with E-state index in [4.69, 9.17) is 0 Å². The van der Waals surface area contributed by atoms with Gasteiger partial charge in [-0.1, -0.05) is 12.1 Å². The summed E-state index contributed by atoms with van der Waals surface area (Å²) in [6.45, 7) is 0.367. The van der Waals surface area contributed by atoms with Gasteiger partial charge in [0.2, 0.25) is 5.91 Å². The van der Waals surface area contributed by atoms with Gasteiger partial charge in [-0.3, -0.25) is 25.2 Å². The zero-order valence-corrected chi connectivity index (χ0v) is 17.5. The van der Waals surface area contributed by atoms with Crippen LogP contribution in [0.5, 0.6) is 0 Å². The molecule has 6 nitrogen and oxygen atoms in total. The number of amides is 3. The van der Waals surface area contributed by atoms with E-state index in [9.17, 15) is 31.9 Å². The smallest absolute Gasteiger partial charge is 0.352 e. The Hall–Kier alpha value is -3.43. The van der Waals surface area contributed by atoms with Gasteiger partial charge >= 0.3 is 6.18 Å². The van der Waals surface area contributed by atoms with Crippen LogP contribution < -0.4 is 16.2 Å². The number of rotatable bonds is 5. The minimum absolute atomic E-state index is 0.0161. The molecule has 3 N–H and O–H groups in total. The second-order valence-electron chi connectivity index (χ2n) is 7.93. The van der Waals surface area contributed by atoms with Gasteiger partial charge in [0.15, 0.2) is 0 Å². The molecule has 0 aliphatic heterocycles. The van der Waals surface area contributed by atoms with Crippen LogP contribution in [0.1, 0.15) is 52.0 Å². The Kier molecular flexibility index (Phi) is 7.67. The average molecular weight is 465 g/mol. The number of hydrazine groups is 1. The molecule has 2 aromatic rings. The maximum atomic E-state index is 13.7. The molecule has 1 aliphatic carbocycles. The van der Waals surface area contributed by atoms with Gasteiger partial charge in [0, 0.05) is 18.0 Å². The average Bonchev–Trinajstić information content (AvgIpc) is 2.81. The van der Waals surface area contributed by atoms with Crippen molar-refractivity contribution in [1.82, 2.24) is 16.2 Å². The lowest BCUT2D eigenvalue weighted by molar-refractivity contribution is -0.137. The van der Waals surface area contributed by atoms with Crippen LogP contribution in [-0.4, -0.2) is 24.3 Å². The lowest BCUT2D eigenvalue weighted by atomic mass is 9.81. The number of halogens is 4. The molecule has 3 amide bonds. The van der Waals surface area contributed by atoms with E-state index < -0.39 is 29.4 Å². The molecule has 0 unspecified atom stereocenters. The third-order valence-corrected chi connectivity index (χ3v) is 5.66. The normalized spacial score (nSPS) is 18.3. The molecule has 2 aromatic carbocycles. The van der Waals surface area contributed by atoms with Crippen LogP contribution in [0.25, 0.3) is 0 Å².